The van der Waals surface area contributed by atoms with Crippen molar-refractivity contribution in [2.45, 2.75) is 0 Å². The lowest BCUT2D eigenvalue weighted by Gasteiger charge is -2.33. The van der Waals surface area contributed by atoms with Gasteiger partial charge in [-0.25, -0.2) is 15.0 Å². The molecule has 8 nitrogen and oxygen atoms in total. The van der Waals surface area contributed by atoms with E-state index in [9.17, 15) is 4.79 Å². The first-order valence-electron chi connectivity index (χ1n) is 11.3. The van der Waals surface area contributed by atoms with Crippen molar-refractivity contribution in [3.63, 3.8) is 0 Å². The number of nitrogens with zero attached hydrogens (tertiary/aromatic N) is 5. The highest BCUT2D eigenvalue weighted by Crippen LogP contribution is 2.26. The Balaban J connectivity index is 1.31. The van der Waals surface area contributed by atoms with Crippen LogP contribution >= 0.6 is 0 Å². The van der Waals surface area contributed by atoms with Crippen molar-refractivity contribution in [3.8, 4) is 11.1 Å². The highest BCUT2D eigenvalue weighted by Gasteiger charge is 2.16. The van der Waals surface area contributed by atoms with Gasteiger partial charge in [0.05, 0.1) is 5.56 Å². The summed E-state index contributed by atoms with van der Waals surface area (Å²) in [7, 11) is 3.97. The van der Waals surface area contributed by atoms with Gasteiger partial charge in [-0.2, -0.15) is 0 Å². The highest BCUT2D eigenvalue weighted by molar-refractivity contribution is 6.04. The summed E-state index contributed by atoms with van der Waals surface area (Å²) >= 11 is 0. The smallest absolute Gasteiger partial charge is 0.258 e. The molecule has 1 fully saturated rings. The fourth-order valence-corrected chi connectivity index (χ4v) is 4.03. The van der Waals surface area contributed by atoms with E-state index in [1.165, 1.54) is 0 Å². The number of nitrogens with one attached hydrogen (secondary N) is 2. The topological polar surface area (TPSA) is 86.3 Å². The molecule has 4 aromatic rings. The van der Waals surface area contributed by atoms with Crippen LogP contribution in [0.4, 0.5) is 17.5 Å². The van der Waals surface area contributed by atoms with Gasteiger partial charge in [0, 0.05) is 62.8 Å². The van der Waals surface area contributed by atoms with E-state index in [4.69, 9.17) is 0 Å². The minimum Gasteiger partial charge on any atom is -0.373 e. The first kappa shape index (κ1) is 21.8. The second-order valence-corrected chi connectivity index (χ2v) is 8.46. The molecule has 5 rings (SSSR count). The van der Waals surface area contributed by atoms with E-state index in [0.29, 0.717) is 11.4 Å². The maximum absolute atomic E-state index is 12.8. The number of anilines is 3. The lowest BCUT2D eigenvalue weighted by atomic mass is 10.0. The predicted octanol–water partition coefficient (Wildman–Crippen LogP) is 3.74. The first-order valence-corrected chi connectivity index (χ1v) is 11.3. The monoisotopic (exact) mass is 453 g/mol. The number of hydrogen-bond donors (Lipinski definition) is 2. The van der Waals surface area contributed by atoms with Crippen LogP contribution in [-0.4, -0.2) is 66.0 Å². The van der Waals surface area contributed by atoms with Gasteiger partial charge in [-0.3, -0.25) is 4.79 Å². The molecule has 4 heterocycles. The number of pyridine rings is 3. The normalized spacial score (nSPS) is 14.2. The largest absolute Gasteiger partial charge is 0.373 e. The first-order chi connectivity index (χ1) is 16.6. The molecule has 0 aliphatic carbocycles. The molecule has 0 spiro atoms. The van der Waals surface area contributed by atoms with Crippen molar-refractivity contribution < 1.29 is 4.79 Å². The highest BCUT2D eigenvalue weighted by atomic mass is 16.1. The summed E-state index contributed by atoms with van der Waals surface area (Å²) in [4.78, 5) is 30.7. The summed E-state index contributed by atoms with van der Waals surface area (Å²) < 4.78 is 0. The van der Waals surface area contributed by atoms with Gasteiger partial charge < -0.3 is 20.4 Å². The third kappa shape index (κ3) is 4.67. The minimum atomic E-state index is -0.229. The Morgan fingerprint density at radius 3 is 2.29 bits per heavy atom. The van der Waals surface area contributed by atoms with E-state index in [1.54, 1.807) is 12.4 Å². The number of rotatable bonds is 5. The molecule has 3 aromatic heterocycles. The maximum atomic E-state index is 12.8. The molecule has 0 bridgehead atoms. The van der Waals surface area contributed by atoms with Gasteiger partial charge >= 0.3 is 0 Å². The molecule has 0 saturated carbocycles. The average Bonchev–Trinajstić information content (AvgIpc) is 2.89. The van der Waals surface area contributed by atoms with Crippen LogP contribution in [0.3, 0.4) is 0 Å². The van der Waals surface area contributed by atoms with Crippen molar-refractivity contribution in [2.24, 2.45) is 0 Å². The molecular formula is C26H27N7O. The van der Waals surface area contributed by atoms with Crippen molar-refractivity contribution >= 4 is 34.1 Å². The quantitative estimate of drug-likeness (QED) is 0.476. The van der Waals surface area contributed by atoms with Crippen molar-refractivity contribution in [1.82, 2.24) is 19.9 Å². The SMILES string of the molecule is CNc1ccc(-c2ccc3cnc(NC(=O)c4ccc(N5CCN(C)CC5)nc4)cc3c2)cn1. The zero-order valence-corrected chi connectivity index (χ0v) is 19.3. The molecule has 0 unspecified atom stereocenters. The van der Waals surface area contributed by atoms with Gasteiger partial charge in [0.15, 0.2) is 0 Å². The van der Waals surface area contributed by atoms with Crippen molar-refractivity contribution in [1.29, 1.82) is 0 Å². The molecule has 1 saturated heterocycles. The zero-order chi connectivity index (χ0) is 23.5. The molecule has 1 aromatic carbocycles. The van der Waals surface area contributed by atoms with E-state index in [1.807, 2.05) is 55.7 Å². The molecule has 172 valence electrons. The fourth-order valence-electron chi connectivity index (χ4n) is 4.03. The van der Waals surface area contributed by atoms with Crippen LogP contribution in [0.15, 0.2) is 67.1 Å². The second-order valence-electron chi connectivity index (χ2n) is 8.46. The summed E-state index contributed by atoms with van der Waals surface area (Å²) in [6.07, 6.45) is 5.24. The number of carbonyl (C=O) groups excluding carboxylic acids is 1. The van der Waals surface area contributed by atoms with Crippen LogP contribution in [0.25, 0.3) is 21.9 Å². The Morgan fingerprint density at radius 1 is 0.794 bits per heavy atom. The number of aromatic nitrogens is 3. The van der Waals surface area contributed by atoms with Gasteiger partial charge in [-0.1, -0.05) is 12.1 Å². The molecule has 1 amide bonds. The van der Waals surface area contributed by atoms with Crippen LogP contribution in [0.2, 0.25) is 0 Å². The molecule has 1 aliphatic heterocycles. The molecule has 8 heteroatoms. The summed E-state index contributed by atoms with van der Waals surface area (Å²) in [5.41, 5.74) is 2.58. The zero-order valence-electron chi connectivity index (χ0n) is 19.3. The Morgan fingerprint density at radius 2 is 1.59 bits per heavy atom. The van der Waals surface area contributed by atoms with Crippen LogP contribution in [0, 0.1) is 0 Å². The Hall–Kier alpha value is -4.04. The summed E-state index contributed by atoms with van der Waals surface area (Å²) in [6, 6.07) is 15.7. The lowest BCUT2D eigenvalue weighted by Crippen LogP contribution is -2.44. The van der Waals surface area contributed by atoms with Gasteiger partial charge in [-0.05, 0) is 54.4 Å². The Kier molecular flexibility index (Phi) is 6.05. The van der Waals surface area contributed by atoms with E-state index in [2.05, 4.69) is 48.5 Å². The van der Waals surface area contributed by atoms with E-state index >= 15 is 0 Å². The van der Waals surface area contributed by atoms with Gasteiger partial charge in [-0.15, -0.1) is 0 Å². The Bertz CT molecular complexity index is 1300. The lowest BCUT2D eigenvalue weighted by molar-refractivity contribution is 0.102. The molecule has 2 N–H and O–H groups in total. The van der Waals surface area contributed by atoms with Crippen LogP contribution in [0.5, 0.6) is 0 Å². The van der Waals surface area contributed by atoms with E-state index < -0.39 is 0 Å². The second kappa shape index (κ2) is 9.44. The number of piperazine rings is 1. The number of likely N-dealkylation sites (N-methyl/N-ethyl adjacent to an activating group) is 1. The maximum Gasteiger partial charge on any atom is 0.258 e. The predicted molar refractivity (Wildman–Crippen MR) is 136 cm³/mol. The van der Waals surface area contributed by atoms with Crippen molar-refractivity contribution in [2.75, 3.05) is 55.8 Å². The Labute approximate surface area is 198 Å². The van der Waals surface area contributed by atoms with E-state index in [0.717, 1.165) is 59.7 Å². The van der Waals surface area contributed by atoms with Crippen LogP contribution < -0.4 is 15.5 Å². The third-order valence-corrected chi connectivity index (χ3v) is 6.15. The molecular weight excluding hydrogens is 426 g/mol. The third-order valence-electron chi connectivity index (χ3n) is 6.15. The average molecular weight is 454 g/mol. The molecule has 1 aliphatic rings. The number of hydrogen-bond acceptors (Lipinski definition) is 7. The summed E-state index contributed by atoms with van der Waals surface area (Å²) in [6.45, 7) is 3.90. The van der Waals surface area contributed by atoms with E-state index in [-0.39, 0.29) is 5.91 Å². The number of fused-ring (bicyclic) bond motifs is 1. The molecule has 0 atom stereocenters. The van der Waals surface area contributed by atoms with Gasteiger partial charge in [0.1, 0.15) is 17.5 Å². The standard InChI is InChI=1S/C26H27N7O/c1-27-23-7-5-19(15-28-23)18-3-4-20-16-29-24(14-22(20)13-18)31-26(34)21-6-8-25(30-17-21)33-11-9-32(2)10-12-33/h3-8,13-17H,9-12H2,1-2H3,(H,27,28)(H,29,31,34). The minimum absolute atomic E-state index is 0.229. The summed E-state index contributed by atoms with van der Waals surface area (Å²) in [5, 5.41) is 7.92. The van der Waals surface area contributed by atoms with Crippen molar-refractivity contribution in [3.05, 3.63) is 72.7 Å². The van der Waals surface area contributed by atoms with Crippen LogP contribution in [0.1, 0.15) is 10.4 Å². The number of carbonyl (C=O) groups is 1. The van der Waals surface area contributed by atoms with Gasteiger partial charge in [0.2, 0.25) is 0 Å². The number of benzene rings is 1. The molecule has 34 heavy (non-hydrogen) atoms. The van der Waals surface area contributed by atoms with Crippen LogP contribution in [-0.2, 0) is 0 Å². The summed E-state index contributed by atoms with van der Waals surface area (Å²) in [5.74, 6) is 2.00. The number of amides is 1. The molecule has 0 radical (unpaired) electrons. The van der Waals surface area contributed by atoms with Gasteiger partial charge in [0.25, 0.3) is 5.91 Å². The fraction of sp³-hybridized carbons (Fsp3) is 0.231.